The van der Waals surface area contributed by atoms with Crippen molar-refractivity contribution in [3.63, 3.8) is 0 Å². The Kier molecular flexibility index (Phi) is 7.39. The van der Waals surface area contributed by atoms with Gasteiger partial charge >= 0.3 is 0 Å². The third-order valence-electron chi connectivity index (χ3n) is 6.71. The topological polar surface area (TPSA) is 114 Å². The molecule has 4 rings (SSSR count). The molecule has 3 amide bonds. The molecule has 10 heteroatoms. The first-order valence-corrected chi connectivity index (χ1v) is 12.2. The maximum Gasteiger partial charge on any atom is 0.273 e. The highest BCUT2D eigenvalue weighted by Crippen LogP contribution is 2.25. The molecule has 0 radical (unpaired) electrons. The molecule has 2 saturated heterocycles. The summed E-state index contributed by atoms with van der Waals surface area (Å²) in [6.07, 6.45) is 2.88. The summed E-state index contributed by atoms with van der Waals surface area (Å²) in [4.78, 5) is 37.9. The first-order valence-electron chi connectivity index (χ1n) is 12.2. The number of nitrogens with one attached hydrogen (secondary N) is 3. The zero-order chi connectivity index (χ0) is 25.2. The van der Waals surface area contributed by atoms with Crippen molar-refractivity contribution in [2.45, 2.75) is 65.1 Å². The van der Waals surface area contributed by atoms with Crippen molar-refractivity contribution in [3.05, 3.63) is 29.7 Å². The summed E-state index contributed by atoms with van der Waals surface area (Å²) >= 11 is 0. The Morgan fingerprint density at radius 2 is 2.00 bits per heavy atom. The fourth-order valence-electron chi connectivity index (χ4n) is 4.66. The molecule has 190 valence electrons. The molecule has 1 unspecified atom stereocenters. The molecule has 2 atom stereocenters. The number of halogens is 1. The first-order chi connectivity index (χ1) is 16.6. The van der Waals surface area contributed by atoms with Gasteiger partial charge in [-0.1, -0.05) is 20.8 Å². The van der Waals surface area contributed by atoms with Gasteiger partial charge in [0.1, 0.15) is 11.9 Å². The van der Waals surface area contributed by atoms with Gasteiger partial charge in [-0.05, 0) is 48.8 Å². The van der Waals surface area contributed by atoms with E-state index in [4.69, 9.17) is 4.74 Å². The van der Waals surface area contributed by atoms with Crippen LogP contribution in [0.15, 0.2) is 18.2 Å². The Balaban J connectivity index is 1.53. The molecular formula is C25H34FN5O4. The van der Waals surface area contributed by atoms with Crippen LogP contribution in [0, 0.1) is 17.2 Å². The van der Waals surface area contributed by atoms with Gasteiger partial charge in [-0.15, -0.1) is 0 Å². The number of carbonyl (C=O) groups is 3. The van der Waals surface area contributed by atoms with Crippen LogP contribution in [0.1, 0.15) is 56.9 Å². The fraction of sp³-hybridized carbons (Fsp3) is 0.600. The van der Waals surface area contributed by atoms with E-state index in [9.17, 15) is 18.8 Å². The van der Waals surface area contributed by atoms with Crippen LogP contribution in [0.3, 0.4) is 0 Å². The summed E-state index contributed by atoms with van der Waals surface area (Å²) in [5.41, 5.74) is 0.137. The Morgan fingerprint density at radius 3 is 2.66 bits per heavy atom. The lowest BCUT2D eigenvalue weighted by Crippen LogP contribution is -2.55. The maximum atomic E-state index is 14.1. The van der Waals surface area contributed by atoms with E-state index >= 15 is 0 Å². The first kappa shape index (κ1) is 25.1. The zero-order valence-corrected chi connectivity index (χ0v) is 20.5. The number of hydrogen-bond acceptors (Lipinski definition) is 5. The van der Waals surface area contributed by atoms with Crippen LogP contribution in [0.4, 0.5) is 4.39 Å². The Labute approximate surface area is 204 Å². The molecular weight excluding hydrogens is 453 g/mol. The summed E-state index contributed by atoms with van der Waals surface area (Å²) in [5, 5.41) is 13.6. The third kappa shape index (κ3) is 5.98. The highest BCUT2D eigenvalue weighted by molar-refractivity contribution is 6.06. The van der Waals surface area contributed by atoms with Crippen LogP contribution in [0.5, 0.6) is 0 Å². The summed E-state index contributed by atoms with van der Waals surface area (Å²) < 4.78 is 21.2. The number of fused-ring (bicyclic) bond motifs is 1. The largest absolute Gasteiger partial charge is 0.381 e. The van der Waals surface area contributed by atoms with E-state index < -0.39 is 23.2 Å². The number of ether oxygens (including phenoxy) is 1. The molecule has 2 aromatic rings. The molecule has 2 aliphatic rings. The van der Waals surface area contributed by atoms with Crippen LogP contribution < -0.4 is 16.0 Å². The minimum absolute atomic E-state index is 0.0235. The van der Waals surface area contributed by atoms with Gasteiger partial charge in [0.2, 0.25) is 11.8 Å². The van der Waals surface area contributed by atoms with Crippen molar-refractivity contribution in [2.24, 2.45) is 11.3 Å². The van der Waals surface area contributed by atoms with Gasteiger partial charge in [0.15, 0.2) is 5.69 Å². The van der Waals surface area contributed by atoms with Crippen LogP contribution in [-0.2, 0) is 20.9 Å². The standard InChI is InChI=1S/C25H34FN5O4/c1-25(2,3)22(24(34)27-13-17-5-7-20(32)28-17)29-23(33)21-18-6-4-16(26)12-19(18)31(30-21)14-15-8-10-35-11-9-15/h4,6,12,15,17,22H,5,7-11,13-14H2,1-3H3,(H,27,34)(H,28,32)(H,29,33)/t17-,22?/m0/s1. The maximum absolute atomic E-state index is 14.1. The fourth-order valence-corrected chi connectivity index (χ4v) is 4.66. The van der Waals surface area contributed by atoms with Gasteiger partial charge < -0.3 is 20.7 Å². The van der Waals surface area contributed by atoms with Crippen molar-refractivity contribution in [2.75, 3.05) is 19.8 Å². The quantitative estimate of drug-likeness (QED) is 0.554. The monoisotopic (exact) mass is 487 g/mol. The van der Waals surface area contributed by atoms with Crippen LogP contribution in [0.25, 0.3) is 10.9 Å². The van der Waals surface area contributed by atoms with Crippen molar-refractivity contribution in [1.29, 1.82) is 0 Å². The van der Waals surface area contributed by atoms with Crippen molar-refractivity contribution >= 4 is 28.6 Å². The van der Waals surface area contributed by atoms with Gasteiger partial charge in [0.05, 0.1) is 5.52 Å². The summed E-state index contributed by atoms with van der Waals surface area (Å²) in [6.45, 7) is 7.82. The van der Waals surface area contributed by atoms with Gasteiger partial charge in [-0.3, -0.25) is 19.1 Å². The van der Waals surface area contributed by atoms with Gasteiger partial charge in [-0.2, -0.15) is 5.10 Å². The van der Waals surface area contributed by atoms with Crippen molar-refractivity contribution in [3.8, 4) is 0 Å². The van der Waals surface area contributed by atoms with Crippen LogP contribution >= 0.6 is 0 Å². The third-order valence-corrected chi connectivity index (χ3v) is 6.71. The highest BCUT2D eigenvalue weighted by atomic mass is 19.1. The van der Waals surface area contributed by atoms with E-state index in [1.54, 1.807) is 10.7 Å². The number of rotatable bonds is 7. The van der Waals surface area contributed by atoms with E-state index in [1.165, 1.54) is 12.1 Å². The second kappa shape index (κ2) is 10.3. The Bertz CT molecular complexity index is 1100. The minimum Gasteiger partial charge on any atom is -0.381 e. The molecule has 0 bridgehead atoms. The van der Waals surface area contributed by atoms with Gasteiger partial charge in [0.25, 0.3) is 5.91 Å². The normalized spacial score (nSPS) is 20.0. The Hall–Kier alpha value is -3.01. The summed E-state index contributed by atoms with van der Waals surface area (Å²) in [6, 6.07) is 3.32. The summed E-state index contributed by atoms with van der Waals surface area (Å²) in [5.74, 6) is -0.913. The number of amides is 3. The summed E-state index contributed by atoms with van der Waals surface area (Å²) in [7, 11) is 0. The molecule has 9 nitrogen and oxygen atoms in total. The van der Waals surface area contributed by atoms with E-state index in [0.29, 0.717) is 56.0 Å². The number of carbonyl (C=O) groups excluding carboxylic acids is 3. The molecule has 1 aromatic heterocycles. The lowest BCUT2D eigenvalue weighted by atomic mass is 9.86. The van der Waals surface area contributed by atoms with E-state index in [1.807, 2.05) is 20.8 Å². The minimum atomic E-state index is -0.830. The molecule has 35 heavy (non-hydrogen) atoms. The number of benzene rings is 1. The Morgan fingerprint density at radius 1 is 1.26 bits per heavy atom. The van der Waals surface area contributed by atoms with E-state index in [0.717, 1.165) is 12.8 Å². The van der Waals surface area contributed by atoms with Crippen LogP contribution in [-0.4, -0.2) is 59.3 Å². The molecule has 2 aliphatic heterocycles. The van der Waals surface area contributed by atoms with Gasteiger partial charge in [0, 0.05) is 44.2 Å². The molecule has 1 aromatic carbocycles. The molecule has 3 N–H and O–H groups in total. The molecule has 3 heterocycles. The average molecular weight is 488 g/mol. The lowest BCUT2D eigenvalue weighted by molar-refractivity contribution is -0.125. The van der Waals surface area contributed by atoms with Crippen molar-refractivity contribution < 1.29 is 23.5 Å². The smallest absolute Gasteiger partial charge is 0.273 e. The highest BCUT2D eigenvalue weighted by Gasteiger charge is 2.35. The SMILES string of the molecule is CC(C)(C)C(NC(=O)c1nn(CC2CCOCC2)c2cc(F)ccc12)C(=O)NC[C@@H]1CCC(=O)N1. The lowest BCUT2D eigenvalue weighted by Gasteiger charge is -2.30. The zero-order valence-electron chi connectivity index (χ0n) is 20.5. The number of nitrogens with zero attached hydrogens (tertiary/aromatic N) is 2. The number of hydrogen-bond donors (Lipinski definition) is 3. The van der Waals surface area contributed by atoms with E-state index in [-0.39, 0.29) is 23.6 Å². The predicted octanol–water partition coefficient (Wildman–Crippen LogP) is 2.14. The molecule has 2 fully saturated rings. The average Bonchev–Trinajstić information content (AvgIpc) is 3.38. The second-order valence-electron chi connectivity index (χ2n) is 10.6. The second-order valence-corrected chi connectivity index (χ2v) is 10.6. The predicted molar refractivity (Wildman–Crippen MR) is 128 cm³/mol. The van der Waals surface area contributed by atoms with Crippen molar-refractivity contribution in [1.82, 2.24) is 25.7 Å². The molecule has 0 spiro atoms. The molecule has 0 aliphatic carbocycles. The molecule has 0 saturated carbocycles. The van der Waals surface area contributed by atoms with E-state index in [2.05, 4.69) is 21.0 Å². The van der Waals surface area contributed by atoms with Crippen LogP contribution in [0.2, 0.25) is 0 Å². The van der Waals surface area contributed by atoms with Gasteiger partial charge in [-0.25, -0.2) is 4.39 Å². The number of aromatic nitrogens is 2.